The zero-order valence-electron chi connectivity index (χ0n) is 10.3. The molecule has 0 saturated carbocycles. The number of nitrogens with zero attached hydrogens (tertiary/aromatic N) is 1. The lowest BCUT2D eigenvalue weighted by Gasteiger charge is -2.30. The zero-order valence-corrected chi connectivity index (χ0v) is 11.1. The standard InChI is InChI=1S/C10H22N2O4S/c1-16-8-2-5-11-17(14,15)12-6-3-10(9-13)4-7-12/h10-11,13H,2-9H2,1H3. The Hall–Kier alpha value is -0.210. The Balaban J connectivity index is 2.33. The van der Waals surface area contributed by atoms with Crippen molar-refractivity contribution in [1.29, 1.82) is 0 Å². The molecule has 0 radical (unpaired) electrons. The maximum Gasteiger partial charge on any atom is 0.279 e. The van der Waals surface area contributed by atoms with E-state index in [0.717, 1.165) is 12.8 Å². The topological polar surface area (TPSA) is 78.9 Å². The van der Waals surface area contributed by atoms with Gasteiger partial charge in [0.05, 0.1) is 0 Å². The fourth-order valence-electron chi connectivity index (χ4n) is 1.84. The smallest absolute Gasteiger partial charge is 0.279 e. The van der Waals surface area contributed by atoms with E-state index in [4.69, 9.17) is 9.84 Å². The number of ether oxygens (including phenoxy) is 1. The number of piperidine rings is 1. The maximum absolute atomic E-state index is 11.9. The van der Waals surface area contributed by atoms with Crippen LogP contribution in [0, 0.1) is 5.92 Å². The summed E-state index contributed by atoms with van der Waals surface area (Å²) in [5.41, 5.74) is 0. The molecule has 1 heterocycles. The molecule has 0 aromatic carbocycles. The van der Waals surface area contributed by atoms with Gasteiger partial charge in [-0.3, -0.25) is 0 Å². The molecule has 0 spiro atoms. The second-order valence-electron chi connectivity index (χ2n) is 4.27. The number of aliphatic hydroxyl groups is 1. The second-order valence-corrected chi connectivity index (χ2v) is 6.03. The van der Waals surface area contributed by atoms with Gasteiger partial charge in [-0.15, -0.1) is 0 Å². The summed E-state index contributed by atoms with van der Waals surface area (Å²) in [7, 11) is -1.76. The molecule has 1 saturated heterocycles. The minimum atomic E-state index is -3.35. The van der Waals surface area contributed by atoms with E-state index in [1.165, 1.54) is 4.31 Å². The third-order valence-electron chi connectivity index (χ3n) is 2.98. The molecule has 0 bridgehead atoms. The number of rotatable bonds is 7. The van der Waals surface area contributed by atoms with E-state index >= 15 is 0 Å². The van der Waals surface area contributed by atoms with Gasteiger partial charge in [0.15, 0.2) is 0 Å². The van der Waals surface area contributed by atoms with Crippen LogP contribution in [-0.2, 0) is 14.9 Å². The van der Waals surface area contributed by atoms with Gasteiger partial charge in [-0.25, -0.2) is 4.72 Å². The second kappa shape index (κ2) is 7.27. The van der Waals surface area contributed by atoms with Crippen LogP contribution in [0.1, 0.15) is 19.3 Å². The van der Waals surface area contributed by atoms with Gasteiger partial charge in [0.1, 0.15) is 0 Å². The first-order valence-corrected chi connectivity index (χ1v) is 7.38. The lowest BCUT2D eigenvalue weighted by atomic mass is 10.00. The van der Waals surface area contributed by atoms with Crippen molar-refractivity contribution < 1.29 is 18.3 Å². The minimum Gasteiger partial charge on any atom is -0.396 e. The van der Waals surface area contributed by atoms with Gasteiger partial charge in [0, 0.05) is 40.0 Å². The van der Waals surface area contributed by atoms with Crippen LogP contribution in [0.2, 0.25) is 0 Å². The van der Waals surface area contributed by atoms with Crippen LogP contribution in [0.3, 0.4) is 0 Å². The number of hydrogen-bond donors (Lipinski definition) is 2. The Morgan fingerprint density at radius 3 is 2.59 bits per heavy atom. The average Bonchev–Trinajstić information content (AvgIpc) is 2.35. The SMILES string of the molecule is COCCCNS(=O)(=O)N1CCC(CO)CC1. The summed E-state index contributed by atoms with van der Waals surface area (Å²) < 4.78 is 32.6. The van der Waals surface area contributed by atoms with Crippen molar-refractivity contribution in [2.45, 2.75) is 19.3 Å². The van der Waals surface area contributed by atoms with Gasteiger partial charge in [0.25, 0.3) is 10.2 Å². The van der Waals surface area contributed by atoms with Gasteiger partial charge < -0.3 is 9.84 Å². The fourth-order valence-corrected chi connectivity index (χ4v) is 3.12. The first kappa shape index (κ1) is 14.8. The predicted octanol–water partition coefficient (Wildman–Crippen LogP) is -0.438. The first-order valence-electron chi connectivity index (χ1n) is 5.94. The Bertz CT molecular complexity index is 299. The third-order valence-corrected chi connectivity index (χ3v) is 4.60. The van der Waals surface area contributed by atoms with Gasteiger partial charge in [0.2, 0.25) is 0 Å². The fraction of sp³-hybridized carbons (Fsp3) is 1.00. The molecular weight excluding hydrogens is 244 g/mol. The van der Waals surface area contributed by atoms with Crippen LogP contribution >= 0.6 is 0 Å². The first-order chi connectivity index (χ1) is 8.10. The summed E-state index contributed by atoms with van der Waals surface area (Å²) in [5.74, 6) is 0.245. The molecule has 6 nitrogen and oxygen atoms in total. The molecule has 0 atom stereocenters. The van der Waals surface area contributed by atoms with Crippen molar-refractivity contribution in [2.75, 3.05) is 40.0 Å². The van der Waals surface area contributed by atoms with E-state index in [-0.39, 0.29) is 12.5 Å². The quantitative estimate of drug-likeness (QED) is 0.612. The highest BCUT2D eigenvalue weighted by molar-refractivity contribution is 7.87. The Kier molecular flexibility index (Phi) is 6.35. The van der Waals surface area contributed by atoms with Crippen LogP contribution in [0.25, 0.3) is 0 Å². The highest BCUT2D eigenvalue weighted by Crippen LogP contribution is 2.18. The number of hydrogen-bond acceptors (Lipinski definition) is 4. The largest absolute Gasteiger partial charge is 0.396 e. The predicted molar refractivity (Wildman–Crippen MR) is 64.8 cm³/mol. The molecule has 17 heavy (non-hydrogen) atoms. The lowest BCUT2D eigenvalue weighted by molar-refractivity contribution is 0.169. The van der Waals surface area contributed by atoms with E-state index in [1.807, 2.05) is 0 Å². The Morgan fingerprint density at radius 1 is 1.41 bits per heavy atom. The van der Waals surface area contributed by atoms with Gasteiger partial charge in [-0.05, 0) is 25.2 Å². The van der Waals surface area contributed by atoms with Crippen LogP contribution in [0.5, 0.6) is 0 Å². The highest BCUT2D eigenvalue weighted by Gasteiger charge is 2.26. The molecular formula is C10H22N2O4S. The molecule has 0 aliphatic carbocycles. The Labute approximate surface area is 103 Å². The van der Waals surface area contributed by atoms with Crippen LogP contribution < -0.4 is 4.72 Å². The molecule has 0 amide bonds. The average molecular weight is 266 g/mol. The van der Waals surface area contributed by atoms with Crippen LogP contribution in [0.4, 0.5) is 0 Å². The summed E-state index contributed by atoms with van der Waals surface area (Å²) in [6.45, 7) is 2.08. The van der Waals surface area contributed by atoms with Crippen molar-refractivity contribution >= 4 is 10.2 Å². The molecule has 7 heteroatoms. The zero-order chi connectivity index (χ0) is 12.7. The maximum atomic E-state index is 11.9. The number of methoxy groups -OCH3 is 1. The van der Waals surface area contributed by atoms with E-state index in [9.17, 15) is 8.42 Å². The van der Waals surface area contributed by atoms with E-state index in [0.29, 0.717) is 32.7 Å². The van der Waals surface area contributed by atoms with Crippen molar-refractivity contribution in [3.05, 3.63) is 0 Å². The highest BCUT2D eigenvalue weighted by atomic mass is 32.2. The van der Waals surface area contributed by atoms with Gasteiger partial charge in [-0.2, -0.15) is 12.7 Å². The summed E-state index contributed by atoms with van der Waals surface area (Å²) in [6.07, 6.45) is 2.13. The van der Waals surface area contributed by atoms with E-state index in [2.05, 4.69) is 4.72 Å². The third kappa shape index (κ3) is 4.89. The van der Waals surface area contributed by atoms with E-state index in [1.54, 1.807) is 7.11 Å². The van der Waals surface area contributed by atoms with Crippen molar-refractivity contribution in [3.63, 3.8) is 0 Å². The molecule has 1 aliphatic rings. The molecule has 1 aliphatic heterocycles. The lowest BCUT2D eigenvalue weighted by Crippen LogP contribution is -2.45. The van der Waals surface area contributed by atoms with Gasteiger partial charge in [-0.1, -0.05) is 0 Å². The normalized spacial score (nSPS) is 19.6. The van der Waals surface area contributed by atoms with Crippen molar-refractivity contribution in [3.8, 4) is 0 Å². The molecule has 2 N–H and O–H groups in total. The molecule has 0 unspecified atom stereocenters. The van der Waals surface area contributed by atoms with Crippen LogP contribution in [-0.4, -0.2) is 57.8 Å². The molecule has 1 fully saturated rings. The minimum absolute atomic E-state index is 0.148. The van der Waals surface area contributed by atoms with E-state index < -0.39 is 10.2 Å². The molecule has 0 aromatic heterocycles. The Morgan fingerprint density at radius 2 is 2.06 bits per heavy atom. The summed E-state index contributed by atoms with van der Waals surface area (Å²) >= 11 is 0. The monoisotopic (exact) mass is 266 g/mol. The molecule has 1 rings (SSSR count). The number of aliphatic hydroxyl groups excluding tert-OH is 1. The number of nitrogens with one attached hydrogen (secondary N) is 1. The van der Waals surface area contributed by atoms with Crippen molar-refractivity contribution in [1.82, 2.24) is 9.03 Å². The summed E-state index contributed by atoms with van der Waals surface area (Å²) in [5, 5.41) is 8.98. The van der Waals surface area contributed by atoms with Crippen molar-refractivity contribution in [2.24, 2.45) is 5.92 Å². The van der Waals surface area contributed by atoms with Gasteiger partial charge >= 0.3 is 0 Å². The van der Waals surface area contributed by atoms with Crippen LogP contribution in [0.15, 0.2) is 0 Å². The molecule has 102 valence electrons. The molecule has 0 aromatic rings. The summed E-state index contributed by atoms with van der Waals surface area (Å²) in [6, 6.07) is 0. The summed E-state index contributed by atoms with van der Waals surface area (Å²) in [4.78, 5) is 0.